The fourth-order valence-electron chi connectivity index (χ4n) is 3.89. The summed E-state index contributed by atoms with van der Waals surface area (Å²) in [5.41, 5.74) is 0.782. The standard InChI is InChI=1S/C19H27N5O3/c1-14-11-23(12-15(2)26-14)19(25)13-22-8-4-16(5-9-22)27-18-6-10-24-17(21-18)3-7-20-24/h3,6-7,10,14-16H,4-5,8-9,11-13H2,1-2H3. The Balaban J connectivity index is 1.25. The number of carbonyl (C=O) groups excluding carboxylic acids is 1. The van der Waals surface area contributed by atoms with Crippen LogP contribution in [0.3, 0.4) is 0 Å². The summed E-state index contributed by atoms with van der Waals surface area (Å²) in [6.45, 7) is 7.62. The maximum absolute atomic E-state index is 12.6. The van der Waals surface area contributed by atoms with Crippen LogP contribution in [0.5, 0.6) is 5.88 Å². The Labute approximate surface area is 159 Å². The molecule has 0 radical (unpaired) electrons. The lowest BCUT2D eigenvalue weighted by molar-refractivity contribution is -0.144. The summed E-state index contributed by atoms with van der Waals surface area (Å²) < 4.78 is 13.5. The predicted octanol–water partition coefficient (Wildman–Crippen LogP) is 1.21. The van der Waals surface area contributed by atoms with E-state index in [1.54, 1.807) is 10.7 Å². The van der Waals surface area contributed by atoms with Crippen LogP contribution in [0.4, 0.5) is 0 Å². The molecular formula is C19H27N5O3. The number of piperidine rings is 1. The average Bonchev–Trinajstić information content (AvgIpc) is 3.10. The molecule has 8 heteroatoms. The van der Waals surface area contributed by atoms with Gasteiger partial charge < -0.3 is 14.4 Å². The zero-order valence-corrected chi connectivity index (χ0v) is 16.0. The SMILES string of the molecule is CC1CN(C(=O)CN2CCC(Oc3ccn4nccc4n3)CC2)CC(C)O1. The van der Waals surface area contributed by atoms with Crippen LogP contribution in [0.2, 0.25) is 0 Å². The smallest absolute Gasteiger partial charge is 0.236 e. The molecule has 0 saturated carbocycles. The van der Waals surface area contributed by atoms with Gasteiger partial charge in [-0.15, -0.1) is 0 Å². The highest BCUT2D eigenvalue weighted by Crippen LogP contribution is 2.18. The zero-order valence-electron chi connectivity index (χ0n) is 16.0. The van der Waals surface area contributed by atoms with Crippen LogP contribution in [0.1, 0.15) is 26.7 Å². The monoisotopic (exact) mass is 373 g/mol. The Morgan fingerprint density at radius 3 is 2.70 bits per heavy atom. The number of likely N-dealkylation sites (tertiary alicyclic amines) is 1. The molecule has 0 spiro atoms. The second kappa shape index (κ2) is 7.82. The molecule has 2 fully saturated rings. The third kappa shape index (κ3) is 4.39. The van der Waals surface area contributed by atoms with Crippen LogP contribution in [-0.4, -0.2) is 81.3 Å². The van der Waals surface area contributed by atoms with E-state index in [1.165, 1.54) is 0 Å². The van der Waals surface area contributed by atoms with Crippen LogP contribution in [0.25, 0.3) is 5.65 Å². The van der Waals surface area contributed by atoms with Crippen molar-refractivity contribution in [3.8, 4) is 5.88 Å². The van der Waals surface area contributed by atoms with E-state index < -0.39 is 0 Å². The van der Waals surface area contributed by atoms with Gasteiger partial charge in [0.25, 0.3) is 0 Å². The van der Waals surface area contributed by atoms with Gasteiger partial charge in [0.1, 0.15) is 6.10 Å². The van der Waals surface area contributed by atoms with Gasteiger partial charge in [-0.1, -0.05) is 0 Å². The second-order valence-corrected chi connectivity index (χ2v) is 7.55. The third-order valence-corrected chi connectivity index (χ3v) is 5.19. The summed E-state index contributed by atoms with van der Waals surface area (Å²) in [6, 6.07) is 3.70. The van der Waals surface area contributed by atoms with Gasteiger partial charge in [0.2, 0.25) is 11.8 Å². The van der Waals surface area contributed by atoms with Gasteiger partial charge in [0.05, 0.1) is 24.9 Å². The highest BCUT2D eigenvalue weighted by atomic mass is 16.5. The molecule has 4 heterocycles. The Bertz CT molecular complexity index is 776. The van der Waals surface area contributed by atoms with Crippen molar-refractivity contribution >= 4 is 11.6 Å². The lowest BCUT2D eigenvalue weighted by Gasteiger charge is -2.37. The molecule has 2 aliphatic heterocycles. The summed E-state index contributed by atoms with van der Waals surface area (Å²) in [7, 11) is 0. The van der Waals surface area contributed by atoms with E-state index in [4.69, 9.17) is 9.47 Å². The molecule has 2 saturated heterocycles. The van der Waals surface area contributed by atoms with Crippen molar-refractivity contribution in [2.75, 3.05) is 32.7 Å². The molecule has 1 amide bonds. The Morgan fingerprint density at radius 1 is 1.22 bits per heavy atom. The van der Waals surface area contributed by atoms with E-state index in [1.807, 2.05) is 37.1 Å². The second-order valence-electron chi connectivity index (χ2n) is 7.55. The molecule has 2 aromatic rings. The average molecular weight is 373 g/mol. The molecule has 2 aromatic heterocycles. The summed E-state index contributed by atoms with van der Waals surface area (Å²) in [6.07, 6.45) is 5.73. The topological polar surface area (TPSA) is 72.2 Å². The lowest BCUT2D eigenvalue weighted by atomic mass is 10.1. The van der Waals surface area contributed by atoms with E-state index in [0.717, 1.165) is 31.6 Å². The van der Waals surface area contributed by atoms with Crippen LogP contribution >= 0.6 is 0 Å². The number of carbonyl (C=O) groups is 1. The van der Waals surface area contributed by atoms with E-state index in [2.05, 4.69) is 15.0 Å². The molecule has 146 valence electrons. The molecule has 2 unspecified atom stereocenters. The zero-order chi connectivity index (χ0) is 18.8. The minimum atomic E-state index is 0.109. The molecule has 0 bridgehead atoms. The number of aromatic nitrogens is 3. The van der Waals surface area contributed by atoms with E-state index in [0.29, 0.717) is 25.5 Å². The molecule has 2 aliphatic rings. The molecule has 4 rings (SSSR count). The summed E-state index contributed by atoms with van der Waals surface area (Å²) >= 11 is 0. The van der Waals surface area contributed by atoms with Gasteiger partial charge in [-0.05, 0) is 26.7 Å². The number of morpholine rings is 1. The quantitative estimate of drug-likeness (QED) is 0.802. The van der Waals surface area contributed by atoms with Crippen molar-refractivity contribution in [2.45, 2.75) is 45.0 Å². The lowest BCUT2D eigenvalue weighted by Crippen LogP contribution is -2.52. The number of fused-ring (bicyclic) bond motifs is 1. The van der Waals surface area contributed by atoms with Gasteiger partial charge >= 0.3 is 0 Å². The van der Waals surface area contributed by atoms with E-state index in [-0.39, 0.29) is 24.2 Å². The highest BCUT2D eigenvalue weighted by molar-refractivity contribution is 5.78. The van der Waals surface area contributed by atoms with Crippen LogP contribution in [0.15, 0.2) is 24.5 Å². The van der Waals surface area contributed by atoms with Crippen LogP contribution in [-0.2, 0) is 9.53 Å². The maximum atomic E-state index is 12.6. The molecular weight excluding hydrogens is 346 g/mol. The number of hydrogen-bond acceptors (Lipinski definition) is 6. The van der Waals surface area contributed by atoms with Crippen molar-refractivity contribution < 1.29 is 14.3 Å². The van der Waals surface area contributed by atoms with Crippen molar-refractivity contribution in [1.82, 2.24) is 24.4 Å². The fraction of sp³-hybridized carbons (Fsp3) is 0.632. The first-order valence-corrected chi connectivity index (χ1v) is 9.69. The van der Waals surface area contributed by atoms with Crippen LogP contribution in [0, 0.1) is 0 Å². The maximum Gasteiger partial charge on any atom is 0.236 e. The number of hydrogen-bond donors (Lipinski definition) is 0. The van der Waals surface area contributed by atoms with Gasteiger partial charge in [0.15, 0.2) is 5.65 Å². The van der Waals surface area contributed by atoms with Gasteiger partial charge in [-0.2, -0.15) is 10.1 Å². The first kappa shape index (κ1) is 18.2. The van der Waals surface area contributed by atoms with Gasteiger partial charge in [0, 0.05) is 44.5 Å². The molecule has 0 N–H and O–H groups in total. The summed E-state index contributed by atoms with van der Waals surface area (Å²) in [5.74, 6) is 0.832. The third-order valence-electron chi connectivity index (χ3n) is 5.19. The summed E-state index contributed by atoms with van der Waals surface area (Å²) in [5, 5.41) is 4.14. The Kier molecular flexibility index (Phi) is 5.27. The number of amides is 1. The van der Waals surface area contributed by atoms with E-state index >= 15 is 0 Å². The molecule has 0 aliphatic carbocycles. The number of nitrogens with zero attached hydrogens (tertiary/aromatic N) is 5. The Morgan fingerprint density at radius 2 is 1.96 bits per heavy atom. The number of ether oxygens (including phenoxy) is 2. The number of rotatable bonds is 4. The Hall–Kier alpha value is -2.19. The molecule has 0 aromatic carbocycles. The molecule has 27 heavy (non-hydrogen) atoms. The minimum absolute atomic E-state index is 0.109. The first-order chi connectivity index (χ1) is 13.1. The molecule has 8 nitrogen and oxygen atoms in total. The van der Waals surface area contributed by atoms with Crippen molar-refractivity contribution in [3.63, 3.8) is 0 Å². The van der Waals surface area contributed by atoms with Gasteiger partial charge in [-0.25, -0.2) is 4.52 Å². The minimum Gasteiger partial charge on any atom is -0.474 e. The summed E-state index contributed by atoms with van der Waals surface area (Å²) in [4.78, 5) is 21.2. The largest absolute Gasteiger partial charge is 0.474 e. The van der Waals surface area contributed by atoms with Crippen molar-refractivity contribution in [3.05, 3.63) is 24.5 Å². The highest BCUT2D eigenvalue weighted by Gasteiger charge is 2.28. The van der Waals surface area contributed by atoms with Gasteiger partial charge in [-0.3, -0.25) is 9.69 Å². The van der Waals surface area contributed by atoms with Crippen molar-refractivity contribution in [1.29, 1.82) is 0 Å². The van der Waals surface area contributed by atoms with E-state index in [9.17, 15) is 4.79 Å². The normalized spacial score (nSPS) is 25.0. The fourth-order valence-corrected chi connectivity index (χ4v) is 3.89. The predicted molar refractivity (Wildman–Crippen MR) is 99.7 cm³/mol. The first-order valence-electron chi connectivity index (χ1n) is 9.69. The van der Waals surface area contributed by atoms with Crippen LogP contribution < -0.4 is 4.74 Å². The van der Waals surface area contributed by atoms with Crippen molar-refractivity contribution in [2.24, 2.45) is 0 Å². The molecule has 2 atom stereocenters.